The van der Waals surface area contributed by atoms with Gasteiger partial charge >= 0.3 is 0 Å². The van der Waals surface area contributed by atoms with E-state index >= 15 is 0 Å². The van der Waals surface area contributed by atoms with Gasteiger partial charge in [0.25, 0.3) is 0 Å². The molecule has 1 heterocycles. The van der Waals surface area contributed by atoms with Gasteiger partial charge in [-0.1, -0.05) is 18.6 Å². The first kappa shape index (κ1) is 10.8. The molecule has 1 saturated heterocycles. The summed E-state index contributed by atoms with van der Waals surface area (Å²) in [6.45, 7) is 9.32. The summed E-state index contributed by atoms with van der Waals surface area (Å²) in [6.07, 6.45) is 8.25. The molecule has 1 saturated carbocycles. The third-order valence-electron chi connectivity index (χ3n) is 5.64. The minimum atomic E-state index is 0.0938. The molecule has 0 radical (unpaired) electrons. The van der Waals surface area contributed by atoms with E-state index in [2.05, 4.69) is 33.8 Å². The maximum atomic E-state index is 6.37. The highest BCUT2D eigenvalue weighted by Crippen LogP contribution is 2.64. The van der Waals surface area contributed by atoms with Gasteiger partial charge in [0.2, 0.25) is 0 Å². The molecular weight excluding hydrogens is 196 g/mol. The monoisotopic (exact) mass is 220 g/mol. The summed E-state index contributed by atoms with van der Waals surface area (Å²) in [5.74, 6) is 1.62. The zero-order valence-electron chi connectivity index (χ0n) is 11.0. The van der Waals surface area contributed by atoms with Crippen LogP contribution in [0.5, 0.6) is 0 Å². The minimum absolute atomic E-state index is 0.0938. The molecular formula is C15H24O. The number of rotatable bonds is 0. The largest absolute Gasteiger partial charge is 0.367 e. The van der Waals surface area contributed by atoms with Crippen LogP contribution in [0.2, 0.25) is 0 Å². The molecule has 0 aromatic rings. The van der Waals surface area contributed by atoms with E-state index in [-0.39, 0.29) is 5.60 Å². The maximum Gasteiger partial charge on any atom is 0.0828 e. The topological polar surface area (TPSA) is 9.23 Å². The molecule has 1 heteroatoms. The van der Waals surface area contributed by atoms with Crippen LogP contribution in [-0.4, -0.2) is 11.7 Å². The summed E-state index contributed by atoms with van der Waals surface area (Å²) in [7, 11) is 0. The van der Waals surface area contributed by atoms with Crippen LogP contribution in [0.15, 0.2) is 11.6 Å². The van der Waals surface area contributed by atoms with Crippen molar-refractivity contribution in [3.8, 4) is 0 Å². The standard InChI is InChI=1S/C15H24O/c1-10-7-8-15-11(2)5-6-12(15)14(3,4)16-13(15)9-10/h9,11-13H,5-8H2,1-4H3/t11-,12+,13?,15+/m1/s1. The molecule has 0 aromatic carbocycles. The Kier molecular flexibility index (Phi) is 2.12. The third kappa shape index (κ3) is 1.16. The van der Waals surface area contributed by atoms with E-state index in [1.54, 1.807) is 0 Å². The molecule has 2 aliphatic carbocycles. The molecule has 16 heavy (non-hydrogen) atoms. The molecule has 2 fully saturated rings. The Bertz CT molecular complexity index is 341. The first-order chi connectivity index (χ1) is 7.47. The maximum absolute atomic E-state index is 6.37. The van der Waals surface area contributed by atoms with Gasteiger partial charge in [-0.25, -0.2) is 0 Å². The Morgan fingerprint density at radius 1 is 1.31 bits per heavy atom. The molecule has 0 N–H and O–H groups in total. The predicted octanol–water partition coefficient (Wildman–Crippen LogP) is 3.94. The van der Waals surface area contributed by atoms with Crippen molar-refractivity contribution in [2.45, 2.75) is 65.1 Å². The summed E-state index contributed by atoms with van der Waals surface area (Å²) < 4.78 is 6.37. The highest BCUT2D eigenvalue weighted by molar-refractivity contribution is 5.22. The first-order valence-electron chi connectivity index (χ1n) is 6.82. The lowest BCUT2D eigenvalue weighted by Gasteiger charge is -2.40. The van der Waals surface area contributed by atoms with Gasteiger partial charge in [-0.2, -0.15) is 0 Å². The molecule has 3 aliphatic rings. The fourth-order valence-corrected chi connectivity index (χ4v) is 4.80. The van der Waals surface area contributed by atoms with Crippen molar-refractivity contribution >= 4 is 0 Å². The fourth-order valence-electron chi connectivity index (χ4n) is 4.80. The van der Waals surface area contributed by atoms with Crippen molar-refractivity contribution in [1.82, 2.24) is 0 Å². The normalized spacial score (nSPS) is 49.8. The summed E-state index contributed by atoms with van der Waals surface area (Å²) in [4.78, 5) is 0. The molecule has 4 atom stereocenters. The van der Waals surface area contributed by atoms with Crippen LogP contribution >= 0.6 is 0 Å². The van der Waals surface area contributed by atoms with Gasteiger partial charge < -0.3 is 4.74 Å². The number of hydrogen-bond donors (Lipinski definition) is 0. The minimum Gasteiger partial charge on any atom is -0.367 e. The second-order valence-corrected chi connectivity index (χ2v) is 6.80. The molecule has 1 aliphatic heterocycles. The summed E-state index contributed by atoms with van der Waals surface area (Å²) in [6, 6.07) is 0. The number of ether oxygens (including phenoxy) is 1. The Morgan fingerprint density at radius 2 is 2.06 bits per heavy atom. The predicted molar refractivity (Wildman–Crippen MR) is 66.3 cm³/mol. The summed E-state index contributed by atoms with van der Waals surface area (Å²) >= 11 is 0. The molecule has 1 unspecified atom stereocenters. The van der Waals surface area contributed by atoms with Crippen LogP contribution < -0.4 is 0 Å². The Morgan fingerprint density at radius 3 is 2.81 bits per heavy atom. The van der Waals surface area contributed by atoms with Gasteiger partial charge in [0, 0.05) is 5.41 Å². The van der Waals surface area contributed by atoms with Crippen LogP contribution in [0.1, 0.15) is 53.4 Å². The van der Waals surface area contributed by atoms with Crippen molar-refractivity contribution in [3.05, 3.63) is 11.6 Å². The Hall–Kier alpha value is -0.300. The molecule has 1 nitrogen and oxygen atoms in total. The van der Waals surface area contributed by atoms with E-state index in [1.165, 1.54) is 31.3 Å². The Labute approximate surface area is 99.3 Å². The SMILES string of the molecule is CC1=CC2OC(C)(C)[C@@H]3CC[C@@H](C)[C@]23CC1. The van der Waals surface area contributed by atoms with E-state index in [9.17, 15) is 0 Å². The highest BCUT2D eigenvalue weighted by atomic mass is 16.5. The summed E-state index contributed by atoms with van der Waals surface area (Å²) in [5.41, 5.74) is 2.10. The quantitative estimate of drug-likeness (QED) is 0.562. The number of allylic oxidation sites excluding steroid dienone is 1. The van der Waals surface area contributed by atoms with E-state index < -0.39 is 0 Å². The highest BCUT2D eigenvalue weighted by Gasteiger charge is 2.64. The van der Waals surface area contributed by atoms with Gasteiger partial charge in [-0.05, 0) is 58.3 Å². The van der Waals surface area contributed by atoms with Crippen molar-refractivity contribution in [2.24, 2.45) is 17.3 Å². The first-order valence-corrected chi connectivity index (χ1v) is 6.82. The van der Waals surface area contributed by atoms with Crippen LogP contribution in [0.25, 0.3) is 0 Å². The molecule has 1 spiro atoms. The van der Waals surface area contributed by atoms with Crippen LogP contribution in [0.4, 0.5) is 0 Å². The zero-order chi connectivity index (χ0) is 11.6. The van der Waals surface area contributed by atoms with E-state index in [0.717, 1.165) is 11.8 Å². The average molecular weight is 220 g/mol. The zero-order valence-corrected chi connectivity index (χ0v) is 11.0. The summed E-state index contributed by atoms with van der Waals surface area (Å²) in [5, 5.41) is 0. The van der Waals surface area contributed by atoms with Crippen molar-refractivity contribution in [2.75, 3.05) is 0 Å². The second-order valence-electron chi connectivity index (χ2n) is 6.80. The van der Waals surface area contributed by atoms with Crippen LogP contribution in [-0.2, 0) is 4.74 Å². The molecule has 0 aromatic heterocycles. The number of hydrogen-bond acceptors (Lipinski definition) is 1. The second kappa shape index (κ2) is 3.13. The third-order valence-corrected chi connectivity index (χ3v) is 5.64. The average Bonchev–Trinajstić information content (AvgIpc) is 2.61. The molecule has 3 rings (SSSR count). The van der Waals surface area contributed by atoms with Gasteiger partial charge in [0.15, 0.2) is 0 Å². The fraction of sp³-hybridized carbons (Fsp3) is 0.867. The Balaban J connectivity index is 2.07. The van der Waals surface area contributed by atoms with Crippen molar-refractivity contribution in [3.63, 3.8) is 0 Å². The van der Waals surface area contributed by atoms with Gasteiger partial charge in [0.1, 0.15) is 0 Å². The van der Waals surface area contributed by atoms with E-state index in [4.69, 9.17) is 4.74 Å². The van der Waals surface area contributed by atoms with Crippen molar-refractivity contribution in [1.29, 1.82) is 0 Å². The van der Waals surface area contributed by atoms with Crippen LogP contribution in [0, 0.1) is 17.3 Å². The van der Waals surface area contributed by atoms with E-state index in [1.807, 2.05) is 0 Å². The lowest BCUT2D eigenvalue weighted by Crippen LogP contribution is -2.40. The molecule has 0 bridgehead atoms. The molecule has 0 amide bonds. The molecule has 90 valence electrons. The lowest BCUT2D eigenvalue weighted by molar-refractivity contribution is -0.0295. The lowest BCUT2D eigenvalue weighted by atomic mass is 9.62. The van der Waals surface area contributed by atoms with Gasteiger partial charge in [-0.3, -0.25) is 0 Å². The van der Waals surface area contributed by atoms with Gasteiger partial charge in [0.05, 0.1) is 11.7 Å². The van der Waals surface area contributed by atoms with Crippen LogP contribution in [0.3, 0.4) is 0 Å². The van der Waals surface area contributed by atoms with Gasteiger partial charge in [-0.15, -0.1) is 0 Å². The van der Waals surface area contributed by atoms with Crippen molar-refractivity contribution < 1.29 is 4.74 Å². The van der Waals surface area contributed by atoms with E-state index in [0.29, 0.717) is 11.5 Å². The smallest absolute Gasteiger partial charge is 0.0828 e.